The van der Waals surface area contributed by atoms with Crippen molar-refractivity contribution in [3.63, 3.8) is 0 Å². The number of anilines is 1. The van der Waals surface area contributed by atoms with Gasteiger partial charge in [-0.1, -0.05) is 24.3 Å². The Balaban J connectivity index is 1.43. The van der Waals surface area contributed by atoms with Gasteiger partial charge in [0.1, 0.15) is 36.1 Å². The summed E-state index contributed by atoms with van der Waals surface area (Å²) in [7, 11) is 0. The van der Waals surface area contributed by atoms with Crippen LogP contribution >= 0.6 is 0 Å². The second kappa shape index (κ2) is 9.42. The number of fused-ring (bicyclic) bond motifs is 1. The average Bonchev–Trinajstić information content (AvgIpc) is 3.36. The predicted octanol–water partition coefficient (Wildman–Crippen LogP) is 0.00948. The minimum absolute atomic E-state index is 0.399. The molecule has 4 unspecified atom stereocenters. The first kappa shape index (κ1) is 23.5. The third-order valence-corrected chi connectivity index (χ3v) is 6.07. The van der Waals surface area contributed by atoms with Gasteiger partial charge in [-0.3, -0.25) is 15.4 Å². The van der Waals surface area contributed by atoms with Gasteiger partial charge in [-0.05, 0) is 29.8 Å². The Hall–Kier alpha value is -4.25. The molecule has 1 aromatic heterocycles. The van der Waals surface area contributed by atoms with Crippen LogP contribution in [0.15, 0.2) is 59.7 Å². The van der Waals surface area contributed by atoms with Crippen LogP contribution in [0.25, 0.3) is 5.69 Å². The van der Waals surface area contributed by atoms with E-state index in [9.17, 15) is 19.8 Å². The van der Waals surface area contributed by atoms with Crippen LogP contribution in [-0.2, 0) is 14.3 Å². The molecule has 0 saturated carbocycles. The number of aromatic nitrogens is 2. The van der Waals surface area contributed by atoms with Gasteiger partial charge in [0.15, 0.2) is 0 Å². The van der Waals surface area contributed by atoms with Crippen LogP contribution < -0.4 is 16.6 Å². The number of aliphatic hydroxyl groups is 2. The maximum atomic E-state index is 12.4. The normalized spacial score (nSPS) is 23.4. The number of nitriles is 1. The van der Waals surface area contributed by atoms with Crippen LogP contribution in [0.2, 0.25) is 0 Å². The number of hydrogen-bond donors (Lipinski definition) is 5. The van der Waals surface area contributed by atoms with E-state index in [1.165, 1.54) is 0 Å². The number of carbonyl (C=O) groups excluding carboxylic acids is 2. The summed E-state index contributed by atoms with van der Waals surface area (Å²) in [5.41, 5.74) is 5.69. The molecule has 2 aliphatic rings. The van der Waals surface area contributed by atoms with Crippen LogP contribution in [0.1, 0.15) is 34.5 Å². The molecule has 2 aromatic carbocycles. The highest BCUT2D eigenvalue weighted by Gasteiger charge is 2.43. The molecule has 4 atom stereocenters. The van der Waals surface area contributed by atoms with E-state index in [1.807, 2.05) is 0 Å². The molecular weight excluding hydrogens is 466 g/mol. The number of aliphatic imine (C=N–C) groups is 1. The average molecular weight is 487 g/mol. The zero-order valence-corrected chi connectivity index (χ0v) is 18.7. The fraction of sp³-hybridized carbons (Fsp3) is 0.208. The summed E-state index contributed by atoms with van der Waals surface area (Å²) in [6, 6.07) is 15.6. The number of nitrogens with two attached hydrogens (primary N) is 1. The Morgan fingerprint density at radius 3 is 2.50 bits per heavy atom. The molecule has 3 aromatic rings. The number of Topliss-reactive ketones (excluding diaryl/α,β-unsaturated/α-hetero) is 2. The molecule has 1 fully saturated rings. The summed E-state index contributed by atoms with van der Waals surface area (Å²) in [5, 5.41) is 35.9. The van der Waals surface area contributed by atoms with Crippen LogP contribution in [0.4, 0.5) is 5.82 Å². The van der Waals surface area contributed by atoms with Crippen LogP contribution in [0.5, 0.6) is 0 Å². The van der Waals surface area contributed by atoms with Gasteiger partial charge in [-0.25, -0.2) is 15.1 Å². The van der Waals surface area contributed by atoms with Gasteiger partial charge in [-0.15, -0.1) is 0 Å². The molecule has 3 heterocycles. The third-order valence-electron chi connectivity index (χ3n) is 6.07. The first-order chi connectivity index (χ1) is 17.4. The quantitative estimate of drug-likeness (QED) is 0.186. The maximum absolute atomic E-state index is 12.4. The van der Waals surface area contributed by atoms with E-state index >= 15 is 0 Å². The smallest absolute Gasteiger partial charge is 0.234 e. The first-order valence-corrected chi connectivity index (χ1v) is 11.0. The molecule has 0 bridgehead atoms. The van der Waals surface area contributed by atoms with Crippen molar-refractivity contribution in [2.45, 2.75) is 24.5 Å². The van der Waals surface area contributed by atoms with Crippen molar-refractivity contribution in [3.8, 4) is 11.8 Å². The van der Waals surface area contributed by atoms with Crippen LogP contribution in [-0.4, -0.2) is 56.2 Å². The van der Waals surface area contributed by atoms with Crippen LogP contribution in [0.3, 0.4) is 0 Å². The number of amidine groups is 1. The van der Waals surface area contributed by atoms with Crippen molar-refractivity contribution in [1.29, 1.82) is 5.26 Å². The monoisotopic (exact) mass is 487 g/mol. The van der Waals surface area contributed by atoms with Crippen molar-refractivity contribution in [2.75, 3.05) is 11.9 Å². The predicted molar refractivity (Wildman–Crippen MR) is 126 cm³/mol. The molecule has 5 rings (SSSR count). The van der Waals surface area contributed by atoms with E-state index < -0.39 is 42.7 Å². The van der Waals surface area contributed by atoms with Crippen molar-refractivity contribution >= 4 is 23.2 Å². The van der Waals surface area contributed by atoms with Gasteiger partial charge in [0.2, 0.25) is 11.6 Å². The van der Waals surface area contributed by atoms with Crippen molar-refractivity contribution in [2.24, 2.45) is 10.8 Å². The second-order valence-electron chi connectivity index (χ2n) is 8.22. The number of benzene rings is 2. The van der Waals surface area contributed by atoms with E-state index in [0.29, 0.717) is 28.3 Å². The molecule has 0 amide bonds. The molecule has 182 valence electrons. The molecule has 0 spiro atoms. The van der Waals surface area contributed by atoms with E-state index in [4.69, 9.17) is 15.8 Å². The Morgan fingerprint density at radius 1 is 1.14 bits per heavy atom. The number of carbonyl (C=O) groups is 2. The lowest BCUT2D eigenvalue weighted by atomic mass is 9.93. The molecule has 12 nitrogen and oxygen atoms in total. The van der Waals surface area contributed by atoms with Crippen molar-refractivity contribution in [3.05, 3.63) is 77.0 Å². The van der Waals surface area contributed by atoms with E-state index in [-0.39, 0.29) is 0 Å². The standard InChI is InChI=1S/C24H21N7O5/c25-9-12-1-7-15(8-2-12)31-24-16(10-27-31)23(30-26)28-22(29-24)14-5-3-13(4-6-14)21-20(35)19(34)18(33)17(11-32)36-21/h1-8,10,17-18,21,23,30,32-33H,11,26H2,(H,28,29). The van der Waals surface area contributed by atoms with Gasteiger partial charge in [0.05, 0.1) is 35.7 Å². The molecule has 0 aliphatic carbocycles. The Labute approximate surface area is 204 Å². The van der Waals surface area contributed by atoms with E-state index in [0.717, 1.165) is 11.3 Å². The maximum Gasteiger partial charge on any atom is 0.234 e. The van der Waals surface area contributed by atoms with Gasteiger partial charge in [0.25, 0.3) is 0 Å². The first-order valence-electron chi connectivity index (χ1n) is 11.0. The summed E-state index contributed by atoms with van der Waals surface area (Å²) in [5.74, 6) is 4.98. The summed E-state index contributed by atoms with van der Waals surface area (Å²) in [6.07, 6.45) is -3.04. The molecule has 6 N–H and O–H groups in total. The highest BCUT2D eigenvalue weighted by molar-refractivity contribution is 6.41. The molecule has 12 heteroatoms. The Kier molecular flexibility index (Phi) is 6.15. The Morgan fingerprint density at radius 2 is 1.86 bits per heavy atom. The van der Waals surface area contributed by atoms with E-state index in [2.05, 4.69) is 26.9 Å². The minimum atomic E-state index is -1.69. The second-order valence-corrected chi connectivity index (χ2v) is 8.22. The molecule has 36 heavy (non-hydrogen) atoms. The highest BCUT2D eigenvalue weighted by atomic mass is 16.5. The fourth-order valence-electron chi connectivity index (χ4n) is 4.12. The van der Waals surface area contributed by atoms with E-state index in [1.54, 1.807) is 59.4 Å². The SMILES string of the molecule is N#Cc1ccc(-n2ncc3c2NC(c2ccc(C4OC(CO)C(O)C(=O)C4=O)cc2)=NC3NN)cc1. The topological polar surface area (TPSA) is 188 Å². The summed E-state index contributed by atoms with van der Waals surface area (Å²) >= 11 is 0. The lowest BCUT2D eigenvalue weighted by molar-refractivity contribution is -0.174. The summed E-state index contributed by atoms with van der Waals surface area (Å²) in [6.45, 7) is -0.599. The van der Waals surface area contributed by atoms with Crippen molar-refractivity contribution in [1.82, 2.24) is 15.2 Å². The number of ketones is 2. The summed E-state index contributed by atoms with van der Waals surface area (Å²) in [4.78, 5) is 29.1. The summed E-state index contributed by atoms with van der Waals surface area (Å²) < 4.78 is 7.15. The fourth-order valence-corrected chi connectivity index (χ4v) is 4.12. The number of aliphatic hydroxyl groups excluding tert-OH is 2. The number of hydrogen-bond acceptors (Lipinski definition) is 11. The molecule has 1 saturated heterocycles. The number of ether oxygens (including phenoxy) is 1. The largest absolute Gasteiger partial charge is 0.394 e. The number of rotatable bonds is 5. The van der Waals surface area contributed by atoms with Gasteiger partial charge >= 0.3 is 0 Å². The van der Waals surface area contributed by atoms with Crippen molar-refractivity contribution < 1.29 is 24.5 Å². The highest BCUT2D eigenvalue weighted by Crippen LogP contribution is 2.32. The number of nitrogens with one attached hydrogen (secondary N) is 2. The third kappa shape index (κ3) is 3.97. The zero-order chi connectivity index (χ0) is 25.4. The molecule has 0 radical (unpaired) electrons. The minimum Gasteiger partial charge on any atom is -0.394 e. The zero-order valence-electron chi connectivity index (χ0n) is 18.7. The molecular formula is C24H21N7O5. The number of nitrogens with zero attached hydrogens (tertiary/aromatic N) is 4. The lowest BCUT2D eigenvalue weighted by Crippen LogP contribution is -2.50. The van der Waals surface area contributed by atoms with Gasteiger partial charge in [0, 0.05) is 5.56 Å². The van der Waals surface area contributed by atoms with Gasteiger partial charge in [-0.2, -0.15) is 10.4 Å². The van der Waals surface area contributed by atoms with Gasteiger partial charge < -0.3 is 20.3 Å². The van der Waals surface area contributed by atoms with Crippen LogP contribution in [0, 0.1) is 11.3 Å². The number of hydrazine groups is 1. The molecule has 2 aliphatic heterocycles. The lowest BCUT2D eigenvalue weighted by Gasteiger charge is -2.30. The Bertz CT molecular complexity index is 1390.